The Balaban J connectivity index is 2.15. The fourth-order valence-electron chi connectivity index (χ4n) is 1.43. The van der Waals surface area contributed by atoms with Gasteiger partial charge in [0, 0.05) is 11.3 Å². The van der Waals surface area contributed by atoms with E-state index >= 15 is 0 Å². The van der Waals surface area contributed by atoms with Crippen molar-refractivity contribution in [1.29, 1.82) is 0 Å². The molecule has 2 aromatic rings. The van der Waals surface area contributed by atoms with E-state index in [-0.39, 0.29) is 10.6 Å². The number of aromatic nitrogens is 2. The summed E-state index contributed by atoms with van der Waals surface area (Å²) in [5.41, 5.74) is 1.49. The summed E-state index contributed by atoms with van der Waals surface area (Å²) in [5.74, 6) is 0.435. The van der Waals surface area contributed by atoms with Crippen LogP contribution >= 0.6 is 11.8 Å². The van der Waals surface area contributed by atoms with Crippen molar-refractivity contribution in [2.75, 3.05) is 18.1 Å². The lowest BCUT2D eigenvalue weighted by atomic mass is 10.2. The van der Waals surface area contributed by atoms with Crippen molar-refractivity contribution in [2.45, 2.75) is 18.6 Å². The third-order valence-electron chi connectivity index (χ3n) is 2.68. The molecule has 92 valence electrons. The van der Waals surface area contributed by atoms with Crippen LogP contribution in [-0.2, 0) is 0 Å². The van der Waals surface area contributed by atoms with E-state index in [9.17, 15) is 4.39 Å². The van der Waals surface area contributed by atoms with Gasteiger partial charge in [-0.3, -0.25) is 0 Å². The molecule has 2 N–H and O–H groups in total. The van der Waals surface area contributed by atoms with Crippen LogP contribution in [0.15, 0.2) is 18.2 Å². The van der Waals surface area contributed by atoms with Gasteiger partial charge in [0.2, 0.25) is 5.95 Å². The van der Waals surface area contributed by atoms with Crippen molar-refractivity contribution in [3.8, 4) is 0 Å². The molecule has 2 rings (SSSR count). The van der Waals surface area contributed by atoms with Gasteiger partial charge in [-0.25, -0.2) is 9.37 Å². The molecule has 0 aliphatic carbocycles. The number of aromatic amines is 1. The first-order chi connectivity index (χ1) is 8.00. The van der Waals surface area contributed by atoms with Crippen LogP contribution < -0.4 is 5.32 Å². The molecule has 17 heavy (non-hydrogen) atoms. The molecule has 1 aromatic carbocycles. The van der Waals surface area contributed by atoms with Crippen molar-refractivity contribution >= 4 is 28.7 Å². The first kappa shape index (κ1) is 12.2. The largest absolute Gasteiger partial charge is 0.354 e. The Hall–Kier alpha value is -1.23. The lowest BCUT2D eigenvalue weighted by Gasteiger charge is -2.21. The van der Waals surface area contributed by atoms with Crippen LogP contribution in [-0.4, -0.2) is 27.5 Å². The van der Waals surface area contributed by atoms with Gasteiger partial charge in [-0.2, -0.15) is 11.8 Å². The molecule has 0 spiro atoms. The molecule has 0 aliphatic rings. The van der Waals surface area contributed by atoms with Gasteiger partial charge in [0.15, 0.2) is 0 Å². The van der Waals surface area contributed by atoms with Crippen LogP contribution in [0.1, 0.15) is 13.8 Å². The number of nitrogens with zero attached hydrogens (tertiary/aromatic N) is 1. The Morgan fingerprint density at radius 3 is 2.94 bits per heavy atom. The SMILES string of the molecule is CSC(C)(C)CNc1nc2ccc(F)cc2[nH]1. The third kappa shape index (κ3) is 2.91. The van der Waals surface area contributed by atoms with Gasteiger partial charge in [0.05, 0.1) is 11.0 Å². The van der Waals surface area contributed by atoms with Crippen molar-refractivity contribution in [3.05, 3.63) is 24.0 Å². The average Bonchev–Trinajstić information content (AvgIpc) is 2.68. The van der Waals surface area contributed by atoms with Gasteiger partial charge < -0.3 is 10.3 Å². The zero-order valence-electron chi connectivity index (χ0n) is 10.2. The molecule has 0 saturated carbocycles. The molecule has 1 aromatic heterocycles. The Kier molecular flexibility index (Phi) is 3.28. The minimum Gasteiger partial charge on any atom is -0.354 e. The molecule has 0 saturated heterocycles. The Morgan fingerprint density at radius 2 is 2.24 bits per heavy atom. The van der Waals surface area contributed by atoms with Gasteiger partial charge >= 0.3 is 0 Å². The highest BCUT2D eigenvalue weighted by Gasteiger charge is 2.16. The number of imidazole rings is 1. The van der Waals surface area contributed by atoms with Gasteiger partial charge in [0.1, 0.15) is 5.82 Å². The molecule has 0 atom stereocenters. The smallest absolute Gasteiger partial charge is 0.201 e. The number of thioether (sulfide) groups is 1. The summed E-state index contributed by atoms with van der Waals surface area (Å²) >= 11 is 1.79. The van der Waals surface area contributed by atoms with Crippen molar-refractivity contribution in [2.24, 2.45) is 0 Å². The summed E-state index contributed by atoms with van der Waals surface area (Å²) in [6, 6.07) is 4.54. The van der Waals surface area contributed by atoms with Crippen LogP contribution in [0, 0.1) is 5.82 Å². The number of rotatable bonds is 4. The minimum atomic E-state index is -0.253. The van der Waals surface area contributed by atoms with Crippen molar-refractivity contribution < 1.29 is 4.39 Å². The van der Waals surface area contributed by atoms with Gasteiger partial charge in [-0.1, -0.05) is 0 Å². The number of nitrogens with one attached hydrogen (secondary N) is 2. The highest BCUT2D eigenvalue weighted by molar-refractivity contribution is 7.99. The number of halogens is 1. The topological polar surface area (TPSA) is 40.7 Å². The highest BCUT2D eigenvalue weighted by atomic mass is 32.2. The van der Waals surface area contributed by atoms with Crippen molar-refractivity contribution in [3.63, 3.8) is 0 Å². The normalized spacial score (nSPS) is 12.0. The number of fused-ring (bicyclic) bond motifs is 1. The second-order valence-corrected chi connectivity index (χ2v) is 6.08. The fraction of sp³-hybridized carbons (Fsp3) is 0.417. The summed E-state index contributed by atoms with van der Waals surface area (Å²) < 4.78 is 13.1. The molecular weight excluding hydrogens is 237 g/mol. The highest BCUT2D eigenvalue weighted by Crippen LogP contribution is 2.22. The fourth-order valence-corrected chi connectivity index (χ4v) is 1.65. The number of hydrogen-bond acceptors (Lipinski definition) is 3. The number of H-pyrrole nitrogens is 1. The zero-order chi connectivity index (χ0) is 12.5. The third-order valence-corrected chi connectivity index (χ3v) is 3.93. The maximum Gasteiger partial charge on any atom is 0.201 e. The molecule has 0 aliphatic heterocycles. The first-order valence-corrected chi connectivity index (χ1v) is 6.67. The first-order valence-electron chi connectivity index (χ1n) is 5.44. The molecular formula is C12H16FN3S. The quantitative estimate of drug-likeness (QED) is 0.878. The molecule has 0 radical (unpaired) electrons. The van der Waals surface area contributed by atoms with Crippen LogP contribution in [0.25, 0.3) is 11.0 Å². The van der Waals surface area contributed by atoms with Gasteiger partial charge in [0.25, 0.3) is 0 Å². The summed E-state index contributed by atoms with van der Waals surface area (Å²) in [6.07, 6.45) is 2.08. The number of hydrogen-bond donors (Lipinski definition) is 2. The Bertz CT molecular complexity index is 521. The molecule has 1 heterocycles. The van der Waals surface area contributed by atoms with E-state index in [1.165, 1.54) is 12.1 Å². The molecule has 0 fully saturated rings. The van der Waals surface area contributed by atoms with E-state index in [1.807, 2.05) is 0 Å². The van der Waals surface area contributed by atoms with E-state index < -0.39 is 0 Å². The van der Waals surface area contributed by atoms with E-state index in [2.05, 4.69) is 35.4 Å². The summed E-state index contributed by atoms with van der Waals surface area (Å²) in [5, 5.41) is 3.23. The summed E-state index contributed by atoms with van der Waals surface area (Å²) in [6.45, 7) is 5.12. The second kappa shape index (κ2) is 4.56. The maximum atomic E-state index is 13.0. The van der Waals surface area contributed by atoms with Gasteiger partial charge in [-0.05, 0) is 38.3 Å². The average molecular weight is 253 g/mol. The van der Waals surface area contributed by atoms with E-state index in [0.717, 1.165) is 17.6 Å². The lowest BCUT2D eigenvalue weighted by Crippen LogP contribution is -2.26. The molecule has 3 nitrogen and oxygen atoms in total. The van der Waals surface area contributed by atoms with Gasteiger partial charge in [-0.15, -0.1) is 0 Å². The summed E-state index contributed by atoms with van der Waals surface area (Å²) in [4.78, 5) is 7.41. The Morgan fingerprint density at radius 1 is 1.47 bits per heavy atom. The van der Waals surface area contributed by atoms with Crippen molar-refractivity contribution in [1.82, 2.24) is 9.97 Å². The number of benzene rings is 1. The standard InChI is InChI=1S/C12H16FN3S/c1-12(2,17-3)7-14-11-15-9-5-4-8(13)6-10(9)16-11/h4-6H,7H2,1-3H3,(H2,14,15,16). The number of anilines is 1. The van der Waals surface area contributed by atoms with Crippen LogP contribution in [0.5, 0.6) is 0 Å². The minimum absolute atomic E-state index is 0.143. The zero-order valence-corrected chi connectivity index (χ0v) is 11.0. The predicted octanol–water partition coefficient (Wildman–Crippen LogP) is 3.26. The maximum absolute atomic E-state index is 13.0. The van der Waals surface area contributed by atoms with Crippen LogP contribution in [0.4, 0.5) is 10.3 Å². The Labute approximate surface area is 104 Å². The van der Waals surface area contributed by atoms with Crippen LogP contribution in [0.2, 0.25) is 0 Å². The molecule has 0 bridgehead atoms. The predicted molar refractivity (Wildman–Crippen MR) is 72.1 cm³/mol. The molecule has 5 heteroatoms. The van der Waals surface area contributed by atoms with E-state index in [1.54, 1.807) is 17.8 Å². The van der Waals surface area contributed by atoms with Crippen LogP contribution in [0.3, 0.4) is 0 Å². The monoisotopic (exact) mass is 253 g/mol. The lowest BCUT2D eigenvalue weighted by molar-refractivity contribution is 0.629. The molecule has 0 unspecified atom stereocenters. The summed E-state index contributed by atoms with van der Waals surface area (Å²) in [7, 11) is 0. The van der Waals surface area contributed by atoms with E-state index in [0.29, 0.717) is 5.95 Å². The molecule has 0 amide bonds. The second-order valence-electron chi connectivity index (χ2n) is 4.56. The van der Waals surface area contributed by atoms with E-state index in [4.69, 9.17) is 0 Å².